The summed E-state index contributed by atoms with van der Waals surface area (Å²) in [6.07, 6.45) is 5.51. The van der Waals surface area contributed by atoms with Crippen molar-refractivity contribution in [3.05, 3.63) is 83.2 Å². The zero-order chi connectivity index (χ0) is 21.0. The van der Waals surface area contributed by atoms with E-state index in [-0.39, 0.29) is 0 Å². The fourth-order valence-corrected chi connectivity index (χ4v) is 3.90. The Kier molecular flexibility index (Phi) is 6.21. The van der Waals surface area contributed by atoms with Crippen LogP contribution in [0, 0.1) is 13.8 Å². The highest BCUT2D eigenvalue weighted by molar-refractivity contribution is 5.33. The third-order valence-electron chi connectivity index (χ3n) is 6.05. The van der Waals surface area contributed by atoms with Crippen LogP contribution in [-0.4, -0.2) is 45.1 Å². The predicted molar refractivity (Wildman–Crippen MR) is 119 cm³/mol. The first-order chi connectivity index (χ1) is 14.5. The number of aliphatic hydroxyl groups is 1. The van der Waals surface area contributed by atoms with E-state index in [1.807, 2.05) is 29.1 Å². The Morgan fingerprint density at radius 3 is 2.47 bits per heavy atom. The molecule has 2 heterocycles. The highest BCUT2D eigenvalue weighted by atomic mass is 16.5. The minimum Gasteiger partial charge on any atom is -0.491 e. The van der Waals surface area contributed by atoms with Crippen LogP contribution in [0.1, 0.15) is 35.1 Å². The number of aryl methyl sites for hydroxylation is 2. The van der Waals surface area contributed by atoms with Gasteiger partial charge in [-0.1, -0.05) is 36.4 Å². The second-order valence-electron chi connectivity index (χ2n) is 8.57. The van der Waals surface area contributed by atoms with E-state index in [9.17, 15) is 5.11 Å². The number of hydrogen-bond acceptors (Lipinski definition) is 4. The van der Waals surface area contributed by atoms with Gasteiger partial charge in [0.1, 0.15) is 18.0 Å². The fraction of sp³-hybridized carbons (Fsp3) is 0.400. The van der Waals surface area contributed by atoms with Gasteiger partial charge in [-0.15, -0.1) is 0 Å². The average molecular weight is 406 g/mol. The van der Waals surface area contributed by atoms with Crippen LogP contribution in [0.25, 0.3) is 0 Å². The number of nitrogens with zero attached hydrogens (tertiary/aromatic N) is 3. The average Bonchev–Trinajstić information content (AvgIpc) is 3.18. The van der Waals surface area contributed by atoms with E-state index in [1.54, 1.807) is 0 Å². The number of hydrogen-bond donors (Lipinski definition) is 1. The van der Waals surface area contributed by atoms with Gasteiger partial charge in [0.25, 0.3) is 0 Å². The van der Waals surface area contributed by atoms with Gasteiger partial charge in [0.2, 0.25) is 0 Å². The van der Waals surface area contributed by atoms with E-state index in [2.05, 4.69) is 60.4 Å². The Balaban J connectivity index is 1.25. The van der Waals surface area contributed by atoms with Gasteiger partial charge >= 0.3 is 0 Å². The highest BCUT2D eigenvalue weighted by Crippen LogP contribution is 2.25. The first-order valence-corrected chi connectivity index (χ1v) is 10.7. The number of benzene rings is 2. The molecule has 5 nitrogen and oxygen atoms in total. The van der Waals surface area contributed by atoms with Gasteiger partial charge in [-0.3, -0.25) is 9.58 Å². The monoisotopic (exact) mass is 405 g/mol. The lowest BCUT2D eigenvalue weighted by Gasteiger charge is -2.37. The second kappa shape index (κ2) is 9.02. The molecule has 1 N–H and O–H groups in total. The molecule has 0 radical (unpaired) electrons. The van der Waals surface area contributed by atoms with E-state index in [1.165, 1.54) is 22.3 Å². The van der Waals surface area contributed by atoms with Crippen molar-refractivity contribution in [1.29, 1.82) is 0 Å². The third kappa shape index (κ3) is 5.29. The van der Waals surface area contributed by atoms with E-state index in [0.29, 0.717) is 6.61 Å². The summed E-state index contributed by atoms with van der Waals surface area (Å²) in [5, 5.41) is 15.4. The molecule has 30 heavy (non-hydrogen) atoms. The first kappa shape index (κ1) is 20.6. The molecule has 1 aliphatic rings. The topological polar surface area (TPSA) is 50.5 Å². The van der Waals surface area contributed by atoms with Crippen LogP contribution in [0.4, 0.5) is 0 Å². The summed E-state index contributed by atoms with van der Waals surface area (Å²) in [7, 11) is 0. The van der Waals surface area contributed by atoms with Crippen molar-refractivity contribution in [2.75, 3.05) is 19.7 Å². The predicted octanol–water partition coefficient (Wildman–Crippen LogP) is 3.95. The summed E-state index contributed by atoms with van der Waals surface area (Å²) in [5.41, 5.74) is 4.16. The third-order valence-corrected chi connectivity index (χ3v) is 6.05. The summed E-state index contributed by atoms with van der Waals surface area (Å²) in [6, 6.07) is 16.5. The zero-order valence-corrected chi connectivity index (χ0v) is 17.9. The molecule has 5 heteroatoms. The van der Waals surface area contributed by atoms with Crippen molar-refractivity contribution >= 4 is 0 Å². The van der Waals surface area contributed by atoms with Crippen molar-refractivity contribution in [1.82, 2.24) is 14.7 Å². The Labute approximate surface area is 178 Å². The summed E-state index contributed by atoms with van der Waals surface area (Å²) < 4.78 is 7.90. The molecule has 2 aromatic carbocycles. The molecule has 0 saturated carbocycles. The Hall–Kier alpha value is -2.63. The molecule has 1 fully saturated rings. The van der Waals surface area contributed by atoms with Crippen molar-refractivity contribution in [3.63, 3.8) is 0 Å². The van der Waals surface area contributed by atoms with Crippen molar-refractivity contribution in [2.45, 2.75) is 45.4 Å². The van der Waals surface area contributed by atoms with Crippen LogP contribution in [0.5, 0.6) is 5.75 Å². The van der Waals surface area contributed by atoms with Gasteiger partial charge in [0.05, 0.1) is 12.7 Å². The van der Waals surface area contributed by atoms with Crippen LogP contribution in [0.2, 0.25) is 0 Å². The molecule has 0 aliphatic carbocycles. The van der Waals surface area contributed by atoms with Crippen LogP contribution in [-0.2, 0) is 13.1 Å². The zero-order valence-electron chi connectivity index (χ0n) is 17.9. The Morgan fingerprint density at radius 2 is 1.73 bits per heavy atom. The molecule has 0 atom stereocenters. The molecular formula is C25H31N3O2. The molecule has 1 aliphatic heterocycles. The second-order valence-corrected chi connectivity index (χ2v) is 8.57. The highest BCUT2D eigenvalue weighted by Gasteiger charge is 2.33. The van der Waals surface area contributed by atoms with Gasteiger partial charge in [0.15, 0.2) is 0 Å². The summed E-state index contributed by atoms with van der Waals surface area (Å²) >= 11 is 0. The lowest BCUT2D eigenvalue weighted by molar-refractivity contribution is -0.0537. The first-order valence-electron chi connectivity index (χ1n) is 10.7. The number of likely N-dealkylation sites (tertiary alicyclic amines) is 1. The molecule has 158 valence electrons. The lowest BCUT2D eigenvalue weighted by Crippen LogP contribution is -2.47. The van der Waals surface area contributed by atoms with Crippen LogP contribution < -0.4 is 4.74 Å². The normalized spacial score (nSPS) is 16.5. The smallest absolute Gasteiger partial charge is 0.119 e. The lowest BCUT2D eigenvalue weighted by atomic mass is 9.92. The van der Waals surface area contributed by atoms with Crippen LogP contribution in [0.15, 0.2) is 60.9 Å². The maximum absolute atomic E-state index is 10.9. The fourth-order valence-electron chi connectivity index (χ4n) is 3.90. The van der Waals surface area contributed by atoms with Crippen molar-refractivity contribution in [2.24, 2.45) is 0 Å². The van der Waals surface area contributed by atoms with E-state index < -0.39 is 5.60 Å². The molecule has 4 rings (SSSR count). The maximum Gasteiger partial charge on any atom is 0.119 e. The number of aromatic nitrogens is 2. The Bertz CT molecular complexity index is 960. The molecule has 0 spiro atoms. The van der Waals surface area contributed by atoms with Crippen molar-refractivity contribution < 1.29 is 9.84 Å². The molecule has 1 saturated heterocycles. The standard InChI is InChI=1S/C25H31N3O2/c1-20-8-9-24(14-21(20)2)30-19-25(29)10-12-27(13-11-25)16-23-15-26-28(18-23)17-22-6-4-3-5-7-22/h3-9,14-15,18,29H,10-13,16-17,19H2,1-2H3. The summed E-state index contributed by atoms with van der Waals surface area (Å²) in [6.45, 7) is 7.89. The largest absolute Gasteiger partial charge is 0.491 e. The Morgan fingerprint density at radius 1 is 0.967 bits per heavy atom. The van der Waals surface area contributed by atoms with Crippen LogP contribution in [0.3, 0.4) is 0 Å². The van der Waals surface area contributed by atoms with Gasteiger partial charge in [-0.05, 0) is 55.5 Å². The number of piperidine rings is 1. The van der Waals surface area contributed by atoms with Gasteiger partial charge in [0, 0.05) is 31.4 Å². The van der Waals surface area contributed by atoms with E-state index in [4.69, 9.17) is 4.74 Å². The summed E-state index contributed by atoms with van der Waals surface area (Å²) in [5.74, 6) is 0.833. The molecule has 3 aromatic rings. The molecule has 1 aromatic heterocycles. The molecule has 0 amide bonds. The minimum atomic E-state index is -0.757. The van der Waals surface area contributed by atoms with Crippen LogP contribution >= 0.6 is 0 Å². The van der Waals surface area contributed by atoms with Crippen molar-refractivity contribution in [3.8, 4) is 5.75 Å². The molecule has 0 bridgehead atoms. The van der Waals surface area contributed by atoms with Gasteiger partial charge in [-0.25, -0.2) is 0 Å². The SMILES string of the molecule is Cc1ccc(OCC2(O)CCN(Cc3cnn(Cc4ccccc4)c3)CC2)cc1C. The number of ether oxygens (including phenoxy) is 1. The maximum atomic E-state index is 10.9. The summed E-state index contributed by atoms with van der Waals surface area (Å²) in [4.78, 5) is 2.38. The van der Waals surface area contributed by atoms with E-state index in [0.717, 1.165) is 44.8 Å². The van der Waals surface area contributed by atoms with Gasteiger partial charge in [-0.2, -0.15) is 5.10 Å². The molecule has 0 unspecified atom stereocenters. The van der Waals surface area contributed by atoms with E-state index >= 15 is 0 Å². The van der Waals surface area contributed by atoms with Gasteiger partial charge < -0.3 is 9.84 Å². The minimum absolute atomic E-state index is 0.346. The number of rotatable bonds is 7. The molecular weight excluding hydrogens is 374 g/mol. The quantitative estimate of drug-likeness (QED) is 0.647.